The fourth-order valence-corrected chi connectivity index (χ4v) is 1.88. The van der Waals surface area contributed by atoms with Gasteiger partial charge in [0.25, 0.3) is 0 Å². The van der Waals surface area contributed by atoms with Crippen molar-refractivity contribution in [3.8, 4) is 0 Å². The minimum Gasteiger partial charge on any atom is -0.377 e. The molecule has 3 N–H and O–H groups in total. The van der Waals surface area contributed by atoms with E-state index < -0.39 is 12.1 Å². The van der Waals surface area contributed by atoms with Gasteiger partial charge >= 0.3 is 0 Å². The highest BCUT2D eigenvalue weighted by Crippen LogP contribution is 2.08. The second-order valence-electron chi connectivity index (χ2n) is 5.83. The van der Waals surface area contributed by atoms with E-state index >= 15 is 0 Å². The van der Waals surface area contributed by atoms with Gasteiger partial charge in [-0.05, 0) is 24.7 Å². The summed E-state index contributed by atoms with van der Waals surface area (Å²) in [5, 5.41) is 2.74. The lowest BCUT2D eigenvalue weighted by Gasteiger charge is -2.22. The molecular formula is C14H28N2O3. The highest BCUT2D eigenvalue weighted by molar-refractivity contribution is 5.91. The lowest BCUT2D eigenvalue weighted by Crippen LogP contribution is -2.50. The fraction of sp³-hybridized carbons (Fsp3) is 0.857. The van der Waals surface area contributed by atoms with Crippen LogP contribution in [0.15, 0.2) is 0 Å². The normalized spacial score (nSPS) is 14.5. The van der Waals surface area contributed by atoms with Crippen LogP contribution < -0.4 is 11.1 Å². The first-order chi connectivity index (χ1) is 8.77. The monoisotopic (exact) mass is 272 g/mol. The molecule has 2 atom stereocenters. The summed E-state index contributed by atoms with van der Waals surface area (Å²) >= 11 is 0. The number of methoxy groups -OCH3 is 1. The summed E-state index contributed by atoms with van der Waals surface area (Å²) in [6, 6.07) is -1.07. The van der Waals surface area contributed by atoms with Crippen molar-refractivity contribution >= 4 is 11.7 Å². The van der Waals surface area contributed by atoms with Crippen molar-refractivity contribution in [2.75, 3.05) is 13.7 Å². The zero-order chi connectivity index (χ0) is 15.0. The van der Waals surface area contributed by atoms with Gasteiger partial charge in [0.05, 0.1) is 12.1 Å². The van der Waals surface area contributed by atoms with Gasteiger partial charge in [-0.15, -0.1) is 0 Å². The molecule has 0 unspecified atom stereocenters. The van der Waals surface area contributed by atoms with Gasteiger partial charge in [-0.2, -0.15) is 0 Å². The molecule has 112 valence electrons. The minimum absolute atomic E-state index is 0.0110. The van der Waals surface area contributed by atoms with E-state index in [0.717, 1.165) is 0 Å². The fourth-order valence-electron chi connectivity index (χ4n) is 1.88. The Bertz CT molecular complexity index is 290. The standard InChI is InChI=1S/C14H28N2O3/c1-9(2)6-11(15)14(18)16-12(7-10(3)4)13(17)8-19-5/h9-12H,6-8,15H2,1-5H3,(H,16,18)/t11-,12-/m0/s1. The number of hydrogen-bond acceptors (Lipinski definition) is 4. The minimum atomic E-state index is -0.565. The highest BCUT2D eigenvalue weighted by Gasteiger charge is 2.24. The number of Topliss-reactive ketones (excluding diaryl/α,β-unsaturated/α-hetero) is 1. The predicted octanol–water partition coefficient (Wildman–Crippen LogP) is 1.11. The topological polar surface area (TPSA) is 81.4 Å². The zero-order valence-corrected chi connectivity index (χ0v) is 12.7. The zero-order valence-electron chi connectivity index (χ0n) is 12.7. The molecular weight excluding hydrogens is 244 g/mol. The van der Waals surface area contributed by atoms with Crippen molar-refractivity contribution in [2.24, 2.45) is 17.6 Å². The summed E-state index contributed by atoms with van der Waals surface area (Å²) in [6.45, 7) is 8.04. The quantitative estimate of drug-likeness (QED) is 0.658. The average Bonchev–Trinajstić information content (AvgIpc) is 2.26. The van der Waals surface area contributed by atoms with Crippen molar-refractivity contribution in [1.82, 2.24) is 5.32 Å². The predicted molar refractivity (Wildman–Crippen MR) is 75.7 cm³/mol. The van der Waals surface area contributed by atoms with Gasteiger partial charge in [0.15, 0.2) is 5.78 Å². The van der Waals surface area contributed by atoms with Crippen LogP contribution in [0.3, 0.4) is 0 Å². The molecule has 0 aromatic heterocycles. The Morgan fingerprint density at radius 2 is 1.63 bits per heavy atom. The third kappa shape index (κ3) is 7.95. The van der Waals surface area contributed by atoms with Crippen LogP contribution >= 0.6 is 0 Å². The molecule has 0 spiro atoms. The maximum Gasteiger partial charge on any atom is 0.237 e. The summed E-state index contributed by atoms with van der Waals surface area (Å²) in [7, 11) is 1.47. The van der Waals surface area contributed by atoms with Crippen LogP contribution in [0.2, 0.25) is 0 Å². The Morgan fingerprint density at radius 3 is 2.05 bits per heavy atom. The molecule has 0 rings (SSSR count). The van der Waals surface area contributed by atoms with E-state index in [2.05, 4.69) is 5.32 Å². The van der Waals surface area contributed by atoms with Crippen LogP contribution in [0, 0.1) is 11.8 Å². The Labute approximate surface area is 116 Å². The van der Waals surface area contributed by atoms with Crippen LogP contribution in [-0.4, -0.2) is 37.5 Å². The molecule has 19 heavy (non-hydrogen) atoms. The van der Waals surface area contributed by atoms with Gasteiger partial charge in [-0.1, -0.05) is 27.7 Å². The van der Waals surface area contributed by atoms with Gasteiger partial charge < -0.3 is 15.8 Å². The number of carbonyl (C=O) groups is 2. The Hall–Kier alpha value is -0.940. The third-order valence-electron chi connectivity index (χ3n) is 2.76. The van der Waals surface area contributed by atoms with E-state index in [1.807, 2.05) is 27.7 Å². The van der Waals surface area contributed by atoms with Gasteiger partial charge in [0, 0.05) is 7.11 Å². The van der Waals surface area contributed by atoms with E-state index in [4.69, 9.17) is 10.5 Å². The van der Waals surface area contributed by atoms with E-state index in [-0.39, 0.29) is 18.3 Å². The van der Waals surface area contributed by atoms with E-state index in [0.29, 0.717) is 24.7 Å². The molecule has 0 saturated carbocycles. The smallest absolute Gasteiger partial charge is 0.237 e. The maximum atomic E-state index is 11.9. The molecule has 1 amide bonds. The average molecular weight is 272 g/mol. The summed E-state index contributed by atoms with van der Waals surface area (Å²) in [4.78, 5) is 23.8. The van der Waals surface area contributed by atoms with Crippen molar-refractivity contribution in [1.29, 1.82) is 0 Å². The number of rotatable bonds is 9. The van der Waals surface area contributed by atoms with Gasteiger partial charge in [-0.3, -0.25) is 9.59 Å². The number of nitrogens with one attached hydrogen (secondary N) is 1. The largest absolute Gasteiger partial charge is 0.377 e. The summed E-state index contributed by atoms with van der Waals surface area (Å²) in [5.74, 6) is 0.288. The molecule has 0 aliphatic carbocycles. The van der Waals surface area contributed by atoms with Crippen LogP contribution in [0.5, 0.6) is 0 Å². The second kappa shape index (κ2) is 9.04. The van der Waals surface area contributed by atoms with Gasteiger partial charge in [-0.25, -0.2) is 0 Å². The Balaban J connectivity index is 4.53. The highest BCUT2D eigenvalue weighted by atomic mass is 16.5. The second-order valence-corrected chi connectivity index (χ2v) is 5.83. The van der Waals surface area contributed by atoms with Crippen molar-refractivity contribution in [2.45, 2.75) is 52.6 Å². The molecule has 5 nitrogen and oxygen atoms in total. The van der Waals surface area contributed by atoms with Crippen LogP contribution in [0.1, 0.15) is 40.5 Å². The lowest BCUT2D eigenvalue weighted by molar-refractivity contribution is -0.131. The number of hydrogen-bond donors (Lipinski definition) is 2. The van der Waals surface area contributed by atoms with E-state index in [1.54, 1.807) is 0 Å². The van der Waals surface area contributed by atoms with E-state index in [1.165, 1.54) is 7.11 Å². The summed E-state index contributed by atoms with van der Waals surface area (Å²) in [6.07, 6.45) is 1.21. The maximum absolute atomic E-state index is 11.9. The van der Waals surface area contributed by atoms with Crippen molar-refractivity contribution in [3.05, 3.63) is 0 Å². The van der Waals surface area contributed by atoms with Crippen molar-refractivity contribution in [3.63, 3.8) is 0 Å². The molecule has 0 aliphatic rings. The summed E-state index contributed by atoms with van der Waals surface area (Å²) < 4.78 is 4.84. The molecule has 0 saturated heterocycles. The first-order valence-corrected chi connectivity index (χ1v) is 6.85. The van der Waals surface area contributed by atoms with Gasteiger partial charge in [0.1, 0.15) is 6.61 Å². The molecule has 0 bridgehead atoms. The molecule has 0 aromatic carbocycles. The lowest BCUT2D eigenvalue weighted by atomic mass is 9.99. The number of carbonyl (C=O) groups excluding carboxylic acids is 2. The van der Waals surface area contributed by atoms with Gasteiger partial charge in [0.2, 0.25) is 5.91 Å². The molecule has 0 radical (unpaired) electrons. The molecule has 0 aliphatic heterocycles. The Kier molecular flexibility index (Phi) is 8.59. The third-order valence-corrected chi connectivity index (χ3v) is 2.76. The van der Waals surface area contributed by atoms with E-state index in [9.17, 15) is 9.59 Å². The summed E-state index contributed by atoms with van der Waals surface area (Å²) in [5.41, 5.74) is 5.82. The number of amides is 1. The van der Waals surface area contributed by atoms with Crippen LogP contribution in [-0.2, 0) is 14.3 Å². The number of ketones is 1. The molecule has 0 aromatic rings. The SMILES string of the molecule is COCC(=O)[C@H](CC(C)C)NC(=O)[C@@H](N)CC(C)C. The Morgan fingerprint density at radius 1 is 1.11 bits per heavy atom. The van der Waals surface area contributed by atoms with Crippen LogP contribution in [0.25, 0.3) is 0 Å². The first-order valence-electron chi connectivity index (χ1n) is 6.85. The molecule has 5 heteroatoms. The molecule has 0 fully saturated rings. The molecule has 0 heterocycles. The van der Waals surface area contributed by atoms with Crippen molar-refractivity contribution < 1.29 is 14.3 Å². The number of ether oxygens (including phenoxy) is 1. The number of nitrogens with two attached hydrogens (primary N) is 1. The van der Waals surface area contributed by atoms with Crippen LogP contribution in [0.4, 0.5) is 0 Å². The first kappa shape index (κ1) is 18.1.